The van der Waals surface area contributed by atoms with Crippen LogP contribution in [0.2, 0.25) is 5.02 Å². The van der Waals surface area contributed by atoms with Crippen LogP contribution in [0.1, 0.15) is 49.9 Å². The first-order chi connectivity index (χ1) is 9.32. The third-order valence-electron chi connectivity index (χ3n) is 3.13. The van der Waals surface area contributed by atoms with Crippen LogP contribution in [0.15, 0.2) is 6.20 Å². The minimum Gasteiger partial charge on any atom is -0.349 e. The lowest BCUT2D eigenvalue weighted by Crippen LogP contribution is -2.36. The van der Waals surface area contributed by atoms with E-state index in [0.29, 0.717) is 18.4 Å². The number of nitrogens with one attached hydrogen (secondary N) is 1. The fourth-order valence-corrected chi connectivity index (χ4v) is 1.68. The van der Waals surface area contributed by atoms with Gasteiger partial charge in [0.2, 0.25) is 0 Å². The molecule has 0 fully saturated rings. The third kappa shape index (κ3) is 4.72. The topological polar surface area (TPSA) is 58.1 Å². The average molecular weight is 299 g/mol. The van der Waals surface area contributed by atoms with Crippen LogP contribution in [0.5, 0.6) is 0 Å². The molecule has 1 heterocycles. The van der Waals surface area contributed by atoms with Gasteiger partial charge in [-0.3, -0.25) is 4.79 Å². The van der Waals surface area contributed by atoms with Crippen LogP contribution in [-0.2, 0) is 0 Å². The molecule has 0 unspecified atom stereocenters. The summed E-state index contributed by atoms with van der Waals surface area (Å²) in [5, 5.41) is 3.12. The lowest BCUT2D eigenvalue weighted by atomic mass is 10.2. The average Bonchev–Trinajstić information content (AvgIpc) is 2.38. The van der Waals surface area contributed by atoms with Gasteiger partial charge in [0.1, 0.15) is 11.5 Å². The molecule has 0 saturated heterocycles. The van der Waals surface area contributed by atoms with Gasteiger partial charge in [0.05, 0.1) is 11.2 Å². The van der Waals surface area contributed by atoms with Crippen LogP contribution < -0.4 is 5.32 Å². The van der Waals surface area contributed by atoms with Crippen molar-refractivity contribution >= 4 is 17.5 Å². The Morgan fingerprint density at radius 3 is 2.60 bits per heavy atom. The molecular formula is C14H23ClN4O. The summed E-state index contributed by atoms with van der Waals surface area (Å²) in [6, 6.07) is 0.446. The molecule has 0 aromatic carbocycles. The normalized spacial score (nSPS) is 11.4. The van der Waals surface area contributed by atoms with Crippen molar-refractivity contribution in [3.8, 4) is 0 Å². The summed E-state index contributed by atoms with van der Waals surface area (Å²) in [6.07, 6.45) is 1.49. The van der Waals surface area contributed by atoms with Crippen LogP contribution in [0.4, 0.5) is 0 Å². The molecule has 0 spiro atoms. The van der Waals surface area contributed by atoms with E-state index in [2.05, 4.69) is 34.0 Å². The van der Waals surface area contributed by atoms with Crippen LogP contribution in [0.25, 0.3) is 0 Å². The van der Waals surface area contributed by atoms with Gasteiger partial charge in [0.15, 0.2) is 0 Å². The first-order valence-electron chi connectivity index (χ1n) is 6.83. The first kappa shape index (κ1) is 16.9. The van der Waals surface area contributed by atoms with Crippen LogP contribution >= 0.6 is 11.6 Å². The number of aromatic nitrogens is 2. The van der Waals surface area contributed by atoms with Gasteiger partial charge in [-0.25, -0.2) is 9.97 Å². The number of rotatable bonds is 6. The predicted molar refractivity (Wildman–Crippen MR) is 81.2 cm³/mol. The molecule has 0 atom stereocenters. The van der Waals surface area contributed by atoms with Crippen LogP contribution in [0, 0.1) is 0 Å². The molecule has 1 aromatic rings. The number of carbonyl (C=O) groups is 1. The highest BCUT2D eigenvalue weighted by atomic mass is 35.5. The third-order valence-corrected chi connectivity index (χ3v) is 3.40. The molecule has 1 aromatic heterocycles. The van der Waals surface area contributed by atoms with E-state index in [1.54, 1.807) is 0 Å². The molecule has 1 rings (SSSR count). The van der Waals surface area contributed by atoms with Gasteiger partial charge in [-0.2, -0.15) is 0 Å². The van der Waals surface area contributed by atoms with E-state index in [1.807, 2.05) is 20.9 Å². The van der Waals surface area contributed by atoms with Gasteiger partial charge < -0.3 is 10.2 Å². The Bertz CT molecular complexity index is 462. The number of halogens is 1. The van der Waals surface area contributed by atoms with Gasteiger partial charge in [-0.15, -0.1) is 0 Å². The smallest absolute Gasteiger partial charge is 0.271 e. The Balaban J connectivity index is 2.65. The molecule has 0 aliphatic rings. The maximum Gasteiger partial charge on any atom is 0.271 e. The van der Waals surface area contributed by atoms with E-state index in [-0.39, 0.29) is 22.5 Å². The molecule has 0 radical (unpaired) electrons. The van der Waals surface area contributed by atoms with Gasteiger partial charge in [0.25, 0.3) is 5.91 Å². The van der Waals surface area contributed by atoms with Gasteiger partial charge in [-0.1, -0.05) is 25.4 Å². The highest BCUT2D eigenvalue weighted by Gasteiger charge is 2.15. The van der Waals surface area contributed by atoms with Gasteiger partial charge >= 0.3 is 0 Å². The molecule has 6 heteroatoms. The molecule has 0 aliphatic heterocycles. The molecule has 0 saturated carbocycles. The molecule has 5 nitrogen and oxygen atoms in total. The summed E-state index contributed by atoms with van der Waals surface area (Å²) in [5.74, 6) is 0.529. The van der Waals surface area contributed by atoms with E-state index in [1.165, 1.54) is 6.20 Å². The highest BCUT2D eigenvalue weighted by Crippen LogP contribution is 2.16. The number of nitrogens with zero attached hydrogens (tertiary/aromatic N) is 3. The number of carbonyl (C=O) groups excluding carboxylic acids is 1. The van der Waals surface area contributed by atoms with E-state index in [4.69, 9.17) is 11.6 Å². The van der Waals surface area contributed by atoms with E-state index in [0.717, 1.165) is 6.54 Å². The number of likely N-dealkylation sites (N-methyl/N-ethyl adjacent to an activating group) is 1. The van der Waals surface area contributed by atoms with Crippen molar-refractivity contribution in [3.05, 3.63) is 22.7 Å². The molecule has 112 valence electrons. The zero-order valence-electron chi connectivity index (χ0n) is 12.8. The maximum atomic E-state index is 12.1. The Kier molecular flexibility index (Phi) is 6.36. The van der Waals surface area contributed by atoms with E-state index >= 15 is 0 Å². The lowest BCUT2D eigenvalue weighted by molar-refractivity contribution is 0.0942. The quantitative estimate of drug-likeness (QED) is 0.875. The molecule has 1 N–H and O–H groups in total. The van der Waals surface area contributed by atoms with E-state index in [9.17, 15) is 4.79 Å². The summed E-state index contributed by atoms with van der Waals surface area (Å²) in [5.41, 5.74) is 0.248. The Hall–Kier alpha value is -1.20. The van der Waals surface area contributed by atoms with E-state index < -0.39 is 0 Å². The van der Waals surface area contributed by atoms with Crippen molar-refractivity contribution < 1.29 is 4.79 Å². The second kappa shape index (κ2) is 7.55. The van der Waals surface area contributed by atoms with Gasteiger partial charge in [-0.05, 0) is 20.9 Å². The number of amides is 1. The van der Waals surface area contributed by atoms with Crippen molar-refractivity contribution in [2.45, 2.75) is 39.7 Å². The summed E-state index contributed by atoms with van der Waals surface area (Å²) >= 11 is 5.99. The zero-order valence-corrected chi connectivity index (χ0v) is 13.5. The zero-order chi connectivity index (χ0) is 15.3. The monoisotopic (exact) mass is 298 g/mol. The molecule has 0 aliphatic carbocycles. The largest absolute Gasteiger partial charge is 0.349 e. The summed E-state index contributed by atoms with van der Waals surface area (Å²) in [6.45, 7) is 9.51. The standard InChI is InChI=1S/C14H23ClN4O/c1-9(2)13-17-8-11(15)12(18-13)14(20)16-6-7-19(5)10(3)4/h8-10H,6-7H2,1-5H3,(H,16,20). The van der Waals surface area contributed by atoms with Crippen molar-refractivity contribution in [1.82, 2.24) is 20.2 Å². The molecular weight excluding hydrogens is 276 g/mol. The molecule has 20 heavy (non-hydrogen) atoms. The van der Waals surface area contributed by atoms with Crippen molar-refractivity contribution in [3.63, 3.8) is 0 Å². The maximum absolute atomic E-state index is 12.1. The first-order valence-corrected chi connectivity index (χ1v) is 7.21. The predicted octanol–water partition coefficient (Wildman–Crippen LogP) is 2.32. The fraction of sp³-hybridized carbons (Fsp3) is 0.643. The highest BCUT2D eigenvalue weighted by molar-refractivity contribution is 6.33. The number of hydrogen-bond acceptors (Lipinski definition) is 4. The summed E-state index contributed by atoms with van der Waals surface area (Å²) in [4.78, 5) is 22.6. The fourth-order valence-electron chi connectivity index (χ4n) is 1.51. The Morgan fingerprint density at radius 2 is 2.05 bits per heavy atom. The number of hydrogen-bond donors (Lipinski definition) is 1. The minimum atomic E-state index is -0.253. The second-order valence-corrected chi connectivity index (χ2v) is 5.82. The van der Waals surface area contributed by atoms with Crippen LogP contribution in [0.3, 0.4) is 0 Å². The Morgan fingerprint density at radius 1 is 1.40 bits per heavy atom. The Labute approximate surface area is 125 Å². The van der Waals surface area contributed by atoms with Crippen molar-refractivity contribution in [1.29, 1.82) is 0 Å². The van der Waals surface area contributed by atoms with Crippen molar-refractivity contribution in [2.75, 3.05) is 20.1 Å². The summed E-state index contributed by atoms with van der Waals surface area (Å²) < 4.78 is 0. The minimum absolute atomic E-state index is 0.158. The molecule has 1 amide bonds. The molecule has 0 bridgehead atoms. The lowest BCUT2D eigenvalue weighted by Gasteiger charge is -2.20. The SMILES string of the molecule is CC(C)c1ncc(Cl)c(C(=O)NCCN(C)C(C)C)n1. The van der Waals surface area contributed by atoms with Crippen LogP contribution in [-0.4, -0.2) is 47.0 Å². The van der Waals surface area contributed by atoms with Gasteiger partial charge in [0, 0.05) is 25.0 Å². The second-order valence-electron chi connectivity index (χ2n) is 5.41. The summed E-state index contributed by atoms with van der Waals surface area (Å²) in [7, 11) is 2.02. The van der Waals surface area contributed by atoms with Crippen molar-refractivity contribution in [2.24, 2.45) is 0 Å².